The second kappa shape index (κ2) is 0.954. The molecule has 0 spiro atoms. The van der Waals surface area contributed by atoms with Gasteiger partial charge in [-0.1, -0.05) is 5.69 Å². The molecule has 0 aromatic heterocycles. The van der Waals surface area contributed by atoms with Crippen molar-refractivity contribution in [3.8, 4) is 5.69 Å². The average Bonchev–Trinajstić information content (AvgIpc) is 0.722. The van der Waals surface area contributed by atoms with Gasteiger partial charge < -0.3 is 0 Å². The lowest BCUT2D eigenvalue weighted by Gasteiger charge is -1.76. The lowest BCUT2D eigenvalue weighted by Crippen LogP contribution is -1.32. The molecule has 0 heterocycles. The van der Waals surface area contributed by atoms with E-state index in [4.69, 9.17) is 0 Å². The third kappa shape index (κ3) is 2260. The van der Waals surface area contributed by atoms with Crippen molar-refractivity contribution in [1.82, 2.24) is 0 Å². The zero-order valence-electron chi connectivity index (χ0n) is 2.12. The summed E-state index contributed by atoms with van der Waals surface area (Å²) in [5.41, 5.74) is 3.44. The van der Waals surface area contributed by atoms with E-state index in [0.29, 0.717) is 0 Å². The van der Waals surface area contributed by atoms with Crippen molar-refractivity contribution in [2.75, 3.05) is 0 Å². The van der Waals surface area contributed by atoms with E-state index in [1.54, 1.807) is 0 Å². The third-order valence-electron chi connectivity index (χ3n) is 0. The van der Waals surface area contributed by atoms with Gasteiger partial charge in [-0.05, 0) is 0 Å². The minimum Gasteiger partial charge on any atom is -0.113 e. The molecular formula is CHF3S. The van der Waals surface area contributed by atoms with Crippen LogP contribution in [0.2, 0.25) is 0 Å². The van der Waals surface area contributed by atoms with E-state index in [2.05, 4.69) is 5.69 Å². The summed E-state index contributed by atoms with van der Waals surface area (Å²) in [6.07, 6.45) is 0. The van der Waals surface area contributed by atoms with Crippen LogP contribution in [0, 0.1) is 5.69 Å². The molecule has 0 unspecified atom stereocenters. The van der Waals surface area contributed by atoms with E-state index in [1.165, 1.54) is 0 Å². The zero-order chi connectivity index (χ0) is 4.50. The highest BCUT2D eigenvalue weighted by molar-refractivity contribution is 8.10. The van der Waals surface area contributed by atoms with Crippen LogP contribution in [0.5, 0.6) is 0 Å². The molecule has 0 aliphatic rings. The second-order valence-electron chi connectivity index (χ2n) is 0.442. The highest BCUT2D eigenvalue weighted by Gasteiger charge is 1.91. The maximum atomic E-state index is 10.2. The summed E-state index contributed by atoms with van der Waals surface area (Å²) in [4.78, 5) is 0. The van der Waals surface area contributed by atoms with E-state index in [-0.39, 0.29) is 0 Å². The van der Waals surface area contributed by atoms with Gasteiger partial charge in [0, 0.05) is 0 Å². The lowest BCUT2D eigenvalue weighted by molar-refractivity contribution is 0.670. The minimum absolute atomic E-state index is 3.44. The molecule has 5 heavy (non-hydrogen) atoms. The summed E-state index contributed by atoms with van der Waals surface area (Å²) in [6.45, 7) is 0. The highest BCUT2D eigenvalue weighted by atomic mass is 32.3. The van der Waals surface area contributed by atoms with Gasteiger partial charge >= 0.3 is 0 Å². The van der Waals surface area contributed by atoms with Crippen LogP contribution in [0.4, 0.5) is 11.7 Å². The van der Waals surface area contributed by atoms with E-state index in [9.17, 15) is 11.7 Å². The van der Waals surface area contributed by atoms with Gasteiger partial charge in [0.2, 0.25) is 0 Å². The number of hydrogen-bond acceptors (Lipinski definition) is 0. The van der Waals surface area contributed by atoms with Crippen molar-refractivity contribution in [2.45, 2.75) is 0 Å². The Kier molecular flexibility index (Phi) is 0.938. The molecule has 0 saturated carbocycles. The van der Waals surface area contributed by atoms with Crippen LogP contribution in [-0.4, -0.2) is 0 Å². The first-order valence-corrected chi connectivity index (χ1v) is 2.10. The predicted molar refractivity (Wildman–Crippen MR) is 15.9 cm³/mol. The van der Waals surface area contributed by atoms with Gasteiger partial charge in [-0.2, -0.15) is 0 Å². The number of rotatable bonds is 0. The Morgan fingerprint density at radius 2 is 1.20 bits per heavy atom. The molecule has 0 bridgehead atoms. The number of hydrogen-bond donors (Lipinski definition) is 0. The minimum atomic E-state index is -5.17. The molecule has 0 nitrogen and oxygen atoms in total. The molecule has 0 radical (unpaired) electrons. The maximum absolute atomic E-state index is 10.2. The van der Waals surface area contributed by atoms with Crippen LogP contribution in [0.1, 0.15) is 0 Å². The molecule has 32 valence electrons. The van der Waals surface area contributed by atoms with Crippen LogP contribution < -0.4 is 0 Å². The monoisotopic (exact) mass is 102 g/mol. The third-order valence-corrected chi connectivity index (χ3v) is 0. The molecule has 0 amide bonds. The average molecular weight is 102 g/mol. The molecular weight excluding hydrogens is 101 g/mol. The molecule has 0 aliphatic heterocycles. The molecule has 0 N–H and O–H groups in total. The fourth-order valence-corrected chi connectivity index (χ4v) is 0. The normalized spacial score (nSPS) is 11.6. The van der Waals surface area contributed by atoms with E-state index in [1.807, 2.05) is 0 Å². The molecule has 4 heteroatoms. The van der Waals surface area contributed by atoms with Gasteiger partial charge in [0.05, 0.1) is 0 Å². The Hall–Kier alpha value is -0.0800. The Morgan fingerprint density at radius 1 is 1.20 bits per heavy atom. The van der Waals surface area contributed by atoms with Gasteiger partial charge in [-0.3, -0.25) is 0 Å². The van der Waals surface area contributed by atoms with Crippen LogP contribution in [0.15, 0.2) is 0 Å². The second-order valence-corrected chi connectivity index (χ2v) is 1.33. The molecule has 0 atom stereocenters. The van der Waals surface area contributed by atoms with Crippen molar-refractivity contribution in [1.29, 1.82) is 0 Å². The summed E-state index contributed by atoms with van der Waals surface area (Å²) in [5, 5.41) is 0. The fraction of sp³-hybridized carbons (Fsp3) is 0. The quantitative estimate of drug-likeness (QED) is 0.439. The molecule has 0 rings (SSSR count). The summed E-state index contributed by atoms with van der Waals surface area (Å²) >= 11 is 0. The van der Waals surface area contributed by atoms with Crippen molar-refractivity contribution in [2.24, 2.45) is 0 Å². The van der Waals surface area contributed by atoms with Gasteiger partial charge in [-0.15, -0.1) is 11.7 Å². The Labute approximate surface area is 29.0 Å². The van der Waals surface area contributed by atoms with Crippen molar-refractivity contribution in [3.63, 3.8) is 0 Å². The SMILES string of the molecule is C#S(F)(F)F. The van der Waals surface area contributed by atoms with Crippen LogP contribution >= 0.6 is 10.6 Å². The van der Waals surface area contributed by atoms with Gasteiger partial charge in [-0.25, -0.2) is 0 Å². The Balaban J connectivity index is 3.66. The topological polar surface area (TPSA) is 0 Å². The van der Waals surface area contributed by atoms with Crippen molar-refractivity contribution in [3.05, 3.63) is 0 Å². The molecule has 0 saturated heterocycles. The zero-order valence-corrected chi connectivity index (χ0v) is 2.94. The van der Waals surface area contributed by atoms with Crippen molar-refractivity contribution < 1.29 is 11.7 Å². The van der Waals surface area contributed by atoms with Gasteiger partial charge in [0.25, 0.3) is 10.6 Å². The van der Waals surface area contributed by atoms with E-state index in [0.717, 1.165) is 0 Å². The van der Waals surface area contributed by atoms with E-state index < -0.39 is 10.6 Å². The van der Waals surface area contributed by atoms with Crippen LogP contribution in [0.25, 0.3) is 0 Å². The summed E-state index contributed by atoms with van der Waals surface area (Å²) in [6, 6.07) is 0. The molecule has 0 aromatic carbocycles. The first kappa shape index (κ1) is 4.92. The Morgan fingerprint density at radius 3 is 1.20 bits per heavy atom. The molecule has 0 fully saturated rings. The van der Waals surface area contributed by atoms with Crippen molar-refractivity contribution >= 4 is 10.6 Å². The molecule has 0 aromatic rings. The van der Waals surface area contributed by atoms with Crippen LogP contribution in [0.3, 0.4) is 0 Å². The van der Waals surface area contributed by atoms with Gasteiger partial charge in [0.15, 0.2) is 0 Å². The Bertz CT molecular complexity index is 86.0. The first-order valence-electron chi connectivity index (χ1n) is 0.699. The summed E-state index contributed by atoms with van der Waals surface area (Å²) in [7, 11) is -5.17. The largest absolute Gasteiger partial charge is 0.263 e. The lowest BCUT2D eigenvalue weighted by atomic mass is 12.0. The summed E-state index contributed by atoms with van der Waals surface area (Å²) in [5.74, 6) is 0. The highest BCUT2D eigenvalue weighted by Crippen LogP contribution is 2.35. The maximum Gasteiger partial charge on any atom is 0.263 e. The predicted octanol–water partition coefficient (Wildman–Crippen LogP) is 2.03. The molecule has 0 aliphatic carbocycles. The smallest absolute Gasteiger partial charge is 0.113 e. The van der Waals surface area contributed by atoms with E-state index >= 15 is 0 Å². The summed E-state index contributed by atoms with van der Waals surface area (Å²) < 4.78 is 30.6. The standard InChI is InChI=1S/CHF3S/c1-5(2,3)4/h1H. The first-order chi connectivity index (χ1) is 2.00. The van der Waals surface area contributed by atoms with Crippen LogP contribution in [-0.2, 0) is 0 Å². The van der Waals surface area contributed by atoms with Gasteiger partial charge in [0.1, 0.15) is 0 Å². The fourth-order valence-electron chi connectivity index (χ4n) is 0. The number of halogens is 3.